The molecular weight excluding hydrogens is 340 g/mol. The number of rotatable bonds is 7. The summed E-state index contributed by atoms with van der Waals surface area (Å²) in [5.74, 6) is 0.229. The van der Waals surface area contributed by atoms with E-state index in [4.69, 9.17) is 4.74 Å². The number of hydrogen-bond donors (Lipinski definition) is 1. The van der Waals surface area contributed by atoms with Crippen LogP contribution in [-0.4, -0.2) is 51.1 Å². The third kappa shape index (κ3) is 4.73. The predicted octanol–water partition coefficient (Wildman–Crippen LogP) is 1.50. The van der Waals surface area contributed by atoms with Gasteiger partial charge in [0, 0.05) is 20.2 Å². The number of carbonyl (C=O) groups excluding carboxylic acids is 1. The standard InChI is InChI=1S/C17H22N4O3S/c1-20(10-13-6-3-2-4-7-13)15(22)12-25-17-19-18-16(23)21(17)11-14-8-5-9-24-14/h2-4,6-7,14H,5,8-12H2,1H3,(H,18,23). The van der Waals surface area contributed by atoms with Crippen LogP contribution in [0.2, 0.25) is 0 Å². The monoisotopic (exact) mass is 362 g/mol. The van der Waals surface area contributed by atoms with Gasteiger partial charge in [0.05, 0.1) is 18.4 Å². The number of ether oxygens (including phenoxy) is 1. The van der Waals surface area contributed by atoms with E-state index in [1.807, 2.05) is 30.3 Å². The summed E-state index contributed by atoms with van der Waals surface area (Å²) in [4.78, 5) is 25.9. The Labute approximate surface area is 150 Å². The van der Waals surface area contributed by atoms with Crippen LogP contribution < -0.4 is 5.69 Å². The van der Waals surface area contributed by atoms with Gasteiger partial charge < -0.3 is 9.64 Å². The second kappa shape index (κ2) is 8.35. The summed E-state index contributed by atoms with van der Waals surface area (Å²) >= 11 is 1.27. The molecule has 0 spiro atoms. The van der Waals surface area contributed by atoms with Crippen molar-refractivity contribution < 1.29 is 9.53 Å². The fourth-order valence-electron chi connectivity index (χ4n) is 2.75. The van der Waals surface area contributed by atoms with Gasteiger partial charge >= 0.3 is 5.69 Å². The number of carbonyl (C=O) groups is 1. The highest BCUT2D eigenvalue weighted by Gasteiger charge is 2.20. The molecule has 1 saturated heterocycles. The maximum atomic E-state index is 12.3. The molecule has 0 saturated carbocycles. The quantitative estimate of drug-likeness (QED) is 0.755. The molecule has 3 rings (SSSR count). The van der Waals surface area contributed by atoms with Gasteiger partial charge in [-0.25, -0.2) is 9.89 Å². The molecule has 1 unspecified atom stereocenters. The Morgan fingerprint density at radius 1 is 1.44 bits per heavy atom. The first-order valence-electron chi connectivity index (χ1n) is 8.31. The normalized spacial score (nSPS) is 16.9. The zero-order chi connectivity index (χ0) is 17.6. The van der Waals surface area contributed by atoms with Crippen LogP contribution in [-0.2, 0) is 22.6 Å². The average Bonchev–Trinajstić information content (AvgIpc) is 3.25. The van der Waals surface area contributed by atoms with E-state index in [2.05, 4.69) is 10.2 Å². The van der Waals surface area contributed by atoms with Gasteiger partial charge in [0.25, 0.3) is 0 Å². The lowest BCUT2D eigenvalue weighted by molar-refractivity contribution is -0.127. The Morgan fingerprint density at radius 3 is 2.96 bits per heavy atom. The van der Waals surface area contributed by atoms with Crippen molar-refractivity contribution in [3.63, 3.8) is 0 Å². The third-order valence-corrected chi connectivity index (χ3v) is 5.11. The highest BCUT2D eigenvalue weighted by Crippen LogP contribution is 2.18. The molecular formula is C17H22N4O3S. The molecule has 2 heterocycles. The molecule has 1 aromatic carbocycles. The van der Waals surface area contributed by atoms with E-state index in [0.29, 0.717) is 18.2 Å². The molecule has 1 amide bonds. The summed E-state index contributed by atoms with van der Waals surface area (Å²) in [6.45, 7) is 1.78. The first-order chi connectivity index (χ1) is 12.1. The molecule has 25 heavy (non-hydrogen) atoms. The van der Waals surface area contributed by atoms with Crippen LogP contribution in [0.4, 0.5) is 0 Å². The minimum Gasteiger partial charge on any atom is -0.376 e. The van der Waals surface area contributed by atoms with Gasteiger partial charge in [0.1, 0.15) is 0 Å². The molecule has 134 valence electrons. The number of aromatic nitrogens is 3. The van der Waals surface area contributed by atoms with Crippen molar-refractivity contribution in [2.45, 2.75) is 37.2 Å². The van der Waals surface area contributed by atoms with Crippen molar-refractivity contribution in [1.29, 1.82) is 0 Å². The number of amides is 1. The van der Waals surface area contributed by atoms with E-state index in [1.54, 1.807) is 16.5 Å². The van der Waals surface area contributed by atoms with E-state index in [0.717, 1.165) is 25.0 Å². The number of aromatic amines is 1. The Kier molecular flexibility index (Phi) is 5.93. The number of benzene rings is 1. The topological polar surface area (TPSA) is 80.2 Å². The summed E-state index contributed by atoms with van der Waals surface area (Å²) < 4.78 is 7.14. The number of nitrogens with one attached hydrogen (secondary N) is 1. The average molecular weight is 362 g/mol. The van der Waals surface area contributed by atoms with Crippen molar-refractivity contribution in [3.8, 4) is 0 Å². The molecule has 0 aliphatic carbocycles. The summed E-state index contributed by atoms with van der Waals surface area (Å²) in [5, 5.41) is 7.02. The van der Waals surface area contributed by atoms with Crippen molar-refractivity contribution in [1.82, 2.24) is 19.7 Å². The summed E-state index contributed by atoms with van der Waals surface area (Å²) in [7, 11) is 1.78. The van der Waals surface area contributed by atoms with Crippen molar-refractivity contribution in [3.05, 3.63) is 46.4 Å². The number of nitrogens with zero attached hydrogens (tertiary/aromatic N) is 3. The van der Waals surface area contributed by atoms with E-state index in [-0.39, 0.29) is 23.5 Å². The van der Waals surface area contributed by atoms with Gasteiger partial charge in [-0.05, 0) is 18.4 Å². The third-order valence-electron chi connectivity index (χ3n) is 4.15. The van der Waals surface area contributed by atoms with E-state index in [9.17, 15) is 9.59 Å². The lowest BCUT2D eigenvalue weighted by atomic mass is 10.2. The molecule has 1 aliphatic rings. The largest absolute Gasteiger partial charge is 0.376 e. The second-order valence-corrected chi connectivity index (χ2v) is 7.02. The zero-order valence-corrected chi connectivity index (χ0v) is 15.0. The lowest BCUT2D eigenvalue weighted by Crippen LogP contribution is -2.28. The van der Waals surface area contributed by atoms with Crippen molar-refractivity contribution >= 4 is 17.7 Å². The summed E-state index contributed by atoms with van der Waals surface area (Å²) in [6.07, 6.45) is 2.01. The maximum absolute atomic E-state index is 12.3. The Morgan fingerprint density at radius 2 is 2.24 bits per heavy atom. The van der Waals surface area contributed by atoms with Crippen LogP contribution in [0.3, 0.4) is 0 Å². The molecule has 0 radical (unpaired) electrons. The molecule has 1 N–H and O–H groups in total. The van der Waals surface area contributed by atoms with E-state index in [1.165, 1.54) is 11.8 Å². The molecule has 1 fully saturated rings. The fraction of sp³-hybridized carbons (Fsp3) is 0.471. The molecule has 0 bridgehead atoms. The van der Waals surface area contributed by atoms with Gasteiger partial charge in [-0.3, -0.25) is 9.36 Å². The second-order valence-electron chi connectivity index (χ2n) is 6.08. The predicted molar refractivity (Wildman–Crippen MR) is 95.5 cm³/mol. The number of thioether (sulfide) groups is 1. The number of hydrogen-bond acceptors (Lipinski definition) is 5. The van der Waals surface area contributed by atoms with Crippen molar-refractivity contribution in [2.75, 3.05) is 19.4 Å². The highest BCUT2D eigenvalue weighted by molar-refractivity contribution is 7.99. The van der Waals surface area contributed by atoms with Gasteiger partial charge in [-0.1, -0.05) is 42.1 Å². The minimum atomic E-state index is -0.261. The molecule has 7 nitrogen and oxygen atoms in total. The number of H-pyrrole nitrogens is 1. The van der Waals surface area contributed by atoms with Crippen LogP contribution in [0, 0.1) is 0 Å². The van der Waals surface area contributed by atoms with Crippen LogP contribution >= 0.6 is 11.8 Å². The molecule has 8 heteroatoms. The lowest BCUT2D eigenvalue weighted by Gasteiger charge is -2.17. The Hall–Kier alpha value is -2.06. The van der Waals surface area contributed by atoms with E-state index < -0.39 is 0 Å². The van der Waals surface area contributed by atoms with Gasteiger partial charge in [-0.2, -0.15) is 0 Å². The maximum Gasteiger partial charge on any atom is 0.344 e. The SMILES string of the molecule is CN(Cc1ccccc1)C(=O)CSc1n[nH]c(=O)n1CC1CCCO1. The van der Waals surface area contributed by atoms with Crippen LogP contribution in [0.15, 0.2) is 40.3 Å². The minimum absolute atomic E-state index is 0.00651. The van der Waals surface area contributed by atoms with Gasteiger partial charge in [0.15, 0.2) is 5.16 Å². The smallest absolute Gasteiger partial charge is 0.344 e. The first kappa shape index (κ1) is 17.8. The zero-order valence-electron chi connectivity index (χ0n) is 14.2. The molecule has 1 aromatic heterocycles. The van der Waals surface area contributed by atoms with Crippen LogP contribution in [0.25, 0.3) is 0 Å². The van der Waals surface area contributed by atoms with Crippen LogP contribution in [0.5, 0.6) is 0 Å². The first-order valence-corrected chi connectivity index (χ1v) is 9.29. The van der Waals surface area contributed by atoms with E-state index >= 15 is 0 Å². The van der Waals surface area contributed by atoms with Gasteiger partial charge in [0.2, 0.25) is 5.91 Å². The summed E-state index contributed by atoms with van der Waals surface area (Å²) in [5.41, 5.74) is 0.821. The molecule has 2 aromatic rings. The molecule has 1 aliphatic heterocycles. The van der Waals surface area contributed by atoms with Gasteiger partial charge in [-0.15, -0.1) is 5.10 Å². The Balaban J connectivity index is 1.55. The highest BCUT2D eigenvalue weighted by atomic mass is 32.2. The van der Waals surface area contributed by atoms with Crippen molar-refractivity contribution in [2.24, 2.45) is 0 Å². The molecule has 1 atom stereocenters. The summed E-state index contributed by atoms with van der Waals surface area (Å²) in [6, 6.07) is 9.84. The van der Waals surface area contributed by atoms with Crippen LogP contribution in [0.1, 0.15) is 18.4 Å². The Bertz CT molecular complexity index is 753. The fourth-order valence-corrected chi connectivity index (χ4v) is 3.64.